The van der Waals surface area contributed by atoms with Gasteiger partial charge in [0, 0.05) is 0 Å². The fourth-order valence-corrected chi connectivity index (χ4v) is 2.40. The van der Waals surface area contributed by atoms with Gasteiger partial charge in [0.1, 0.15) is 6.10 Å². The molecule has 0 aliphatic carbocycles. The van der Waals surface area contributed by atoms with Gasteiger partial charge in [0.15, 0.2) is 0 Å². The molecule has 2 nitrogen and oxygen atoms in total. The third-order valence-corrected chi connectivity index (χ3v) is 3.42. The fourth-order valence-electron chi connectivity index (χ4n) is 2.40. The fraction of sp³-hybridized carbons (Fsp3) is 0.294. The zero-order valence-electron chi connectivity index (χ0n) is 11.6. The molecule has 0 aromatic heterocycles. The molecular formula is C17H21NO. The molecule has 2 aromatic carbocycles. The predicted molar refractivity (Wildman–Crippen MR) is 79.2 cm³/mol. The number of aryl methyl sites for hydroxylation is 2. The lowest BCUT2D eigenvalue weighted by molar-refractivity contribution is 0.219. The van der Waals surface area contributed by atoms with Crippen LogP contribution >= 0.6 is 0 Å². The van der Waals surface area contributed by atoms with Crippen LogP contribution in [0.25, 0.3) is 0 Å². The van der Waals surface area contributed by atoms with Gasteiger partial charge >= 0.3 is 0 Å². The Labute approximate surface area is 114 Å². The van der Waals surface area contributed by atoms with Crippen molar-refractivity contribution < 1.29 is 5.11 Å². The minimum Gasteiger partial charge on any atom is -0.384 e. The Balaban J connectivity index is 2.32. The van der Waals surface area contributed by atoms with Gasteiger partial charge in [-0.05, 0) is 49.1 Å². The van der Waals surface area contributed by atoms with Crippen LogP contribution in [-0.2, 0) is 6.42 Å². The zero-order valence-corrected chi connectivity index (χ0v) is 11.6. The second-order valence-electron chi connectivity index (χ2n) is 5.05. The van der Waals surface area contributed by atoms with E-state index in [-0.39, 0.29) is 0 Å². The lowest BCUT2D eigenvalue weighted by Crippen LogP contribution is -2.05. The van der Waals surface area contributed by atoms with Crippen LogP contribution in [0.3, 0.4) is 0 Å². The monoisotopic (exact) mass is 255 g/mol. The molecule has 1 atom stereocenters. The highest BCUT2D eigenvalue weighted by Gasteiger charge is 2.13. The van der Waals surface area contributed by atoms with Gasteiger partial charge in [0.25, 0.3) is 0 Å². The summed E-state index contributed by atoms with van der Waals surface area (Å²) in [6, 6.07) is 14.2. The summed E-state index contributed by atoms with van der Waals surface area (Å²) in [4.78, 5) is 0. The van der Waals surface area contributed by atoms with Gasteiger partial charge in [0.05, 0.1) is 0 Å². The number of hydrogen-bond donors (Lipinski definition) is 2. The van der Waals surface area contributed by atoms with Crippen LogP contribution in [0.5, 0.6) is 0 Å². The molecule has 0 saturated carbocycles. The van der Waals surface area contributed by atoms with Gasteiger partial charge in [-0.3, -0.25) is 0 Å². The lowest BCUT2D eigenvalue weighted by atomic mass is 9.95. The molecule has 1 unspecified atom stereocenters. The SMILES string of the molecule is Cc1ccc(C(O)c2cccc(CCN)c2)c(C)c1. The van der Waals surface area contributed by atoms with E-state index >= 15 is 0 Å². The molecule has 0 radical (unpaired) electrons. The van der Waals surface area contributed by atoms with E-state index in [0.717, 1.165) is 23.1 Å². The number of aliphatic hydroxyl groups is 1. The summed E-state index contributed by atoms with van der Waals surface area (Å²) in [5.74, 6) is 0. The van der Waals surface area contributed by atoms with Crippen molar-refractivity contribution in [1.82, 2.24) is 0 Å². The van der Waals surface area contributed by atoms with Gasteiger partial charge in [-0.1, -0.05) is 48.0 Å². The highest BCUT2D eigenvalue weighted by molar-refractivity contribution is 5.38. The zero-order chi connectivity index (χ0) is 13.8. The number of aliphatic hydroxyl groups excluding tert-OH is 1. The van der Waals surface area contributed by atoms with Crippen molar-refractivity contribution >= 4 is 0 Å². The second-order valence-corrected chi connectivity index (χ2v) is 5.05. The first kappa shape index (κ1) is 13.8. The average molecular weight is 255 g/mol. The number of benzene rings is 2. The van der Waals surface area contributed by atoms with Crippen LogP contribution in [0.1, 0.15) is 33.9 Å². The Morgan fingerprint density at radius 2 is 1.89 bits per heavy atom. The summed E-state index contributed by atoms with van der Waals surface area (Å²) in [5, 5.41) is 10.5. The molecular weight excluding hydrogens is 234 g/mol. The largest absolute Gasteiger partial charge is 0.384 e. The number of rotatable bonds is 4. The van der Waals surface area contributed by atoms with Crippen molar-refractivity contribution in [2.24, 2.45) is 5.73 Å². The molecule has 2 heteroatoms. The van der Waals surface area contributed by atoms with E-state index in [0.29, 0.717) is 6.54 Å². The maximum Gasteiger partial charge on any atom is 0.104 e. The first-order chi connectivity index (χ1) is 9.11. The number of nitrogens with two attached hydrogens (primary N) is 1. The lowest BCUT2D eigenvalue weighted by Gasteiger charge is -2.15. The second kappa shape index (κ2) is 6.00. The quantitative estimate of drug-likeness (QED) is 0.882. The summed E-state index contributed by atoms with van der Waals surface area (Å²) >= 11 is 0. The third-order valence-electron chi connectivity index (χ3n) is 3.42. The van der Waals surface area contributed by atoms with Crippen LogP contribution in [0.2, 0.25) is 0 Å². The predicted octanol–water partition coefficient (Wildman–Crippen LogP) is 2.89. The molecule has 19 heavy (non-hydrogen) atoms. The van der Waals surface area contributed by atoms with Gasteiger partial charge < -0.3 is 10.8 Å². The van der Waals surface area contributed by atoms with E-state index in [2.05, 4.69) is 13.0 Å². The van der Waals surface area contributed by atoms with E-state index in [1.807, 2.05) is 43.3 Å². The summed E-state index contributed by atoms with van der Waals surface area (Å²) in [6.45, 7) is 4.73. The molecule has 2 rings (SSSR count). The van der Waals surface area contributed by atoms with Crippen LogP contribution < -0.4 is 5.73 Å². The molecule has 0 aliphatic rings. The topological polar surface area (TPSA) is 46.2 Å². The van der Waals surface area contributed by atoms with Crippen molar-refractivity contribution in [3.8, 4) is 0 Å². The van der Waals surface area contributed by atoms with Gasteiger partial charge in [-0.15, -0.1) is 0 Å². The maximum absolute atomic E-state index is 10.5. The van der Waals surface area contributed by atoms with E-state index < -0.39 is 6.10 Å². The Kier molecular flexibility index (Phi) is 4.35. The average Bonchev–Trinajstić information content (AvgIpc) is 2.39. The highest BCUT2D eigenvalue weighted by Crippen LogP contribution is 2.26. The Morgan fingerprint density at radius 3 is 2.58 bits per heavy atom. The molecule has 3 N–H and O–H groups in total. The first-order valence-corrected chi connectivity index (χ1v) is 6.66. The summed E-state index contributed by atoms with van der Waals surface area (Å²) in [6.07, 6.45) is 0.270. The first-order valence-electron chi connectivity index (χ1n) is 6.66. The minimum absolute atomic E-state index is 0.571. The Hall–Kier alpha value is -1.64. The molecule has 0 saturated heterocycles. The Bertz CT molecular complexity index is 563. The van der Waals surface area contributed by atoms with Crippen molar-refractivity contribution in [3.05, 3.63) is 70.3 Å². The van der Waals surface area contributed by atoms with Gasteiger partial charge in [0.2, 0.25) is 0 Å². The molecule has 0 spiro atoms. The van der Waals surface area contributed by atoms with E-state index in [1.54, 1.807) is 0 Å². The van der Waals surface area contributed by atoms with Crippen molar-refractivity contribution in [2.75, 3.05) is 6.54 Å². The Morgan fingerprint density at radius 1 is 1.11 bits per heavy atom. The molecule has 0 heterocycles. The maximum atomic E-state index is 10.5. The van der Waals surface area contributed by atoms with Crippen LogP contribution in [-0.4, -0.2) is 11.7 Å². The molecule has 2 aromatic rings. The van der Waals surface area contributed by atoms with E-state index in [9.17, 15) is 5.11 Å². The standard InChI is InChI=1S/C17H21NO/c1-12-6-7-16(13(2)10-12)17(19)15-5-3-4-14(11-15)8-9-18/h3-7,10-11,17,19H,8-9,18H2,1-2H3. The summed E-state index contributed by atoms with van der Waals surface area (Å²) < 4.78 is 0. The number of hydrogen-bond acceptors (Lipinski definition) is 2. The molecule has 0 aliphatic heterocycles. The van der Waals surface area contributed by atoms with Crippen LogP contribution in [0, 0.1) is 13.8 Å². The van der Waals surface area contributed by atoms with Gasteiger partial charge in [-0.2, -0.15) is 0 Å². The molecule has 100 valence electrons. The van der Waals surface area contributed by atoms with Crippen molar-refractivity contribution in [2.45, 2.75) is 26.4 Å². The van der Waals surface area contributed by atoms with Crippen LogP contribution in [0.4, 0.5) is 0 Å². The normalized spacial score (nSPS) is 12.4. The van der Waals surface area contributed by atoms with Crippen molar-refractivity contribution in [3.63, 3.8) is 0 Å². The third kappa shape index (κ3) is 3.22. The molecule has 0 bridgehead atoms. The minimum atomic E-state index is -0.571. The van der Waals surface area contributed by atoms with Crippen molar-refractivity contribution in [1.29, 1.82) is 0 Å². The van der Waals surface area contributed by atoms with Crippen LogP contribution in [0.15, 0.2) is 42.5 Å². The highest BCUT2D eigenvalue weighted by atomic mass is 16.3. The summed E-state index contributed by atoms with van der Waals surface area (Å²) in [7, 11) is 0. The molecule has 0 amide bonds. The van der Waals surface area contributed by atoms with E-state index in [4.69, 9.17) is 5.73 Å². The summed E-state index contributed by atoms with van der Waals surface area (Å²) in [5.41, 5.74) is 11.0. The van der Waals surface area contributed by atoms with Gasteiger partial charge in [-0.25, -0.2) is 0 Å². The smallest absolute Gasteiger partial charge is 0.104 e. The molecule has 0 fully saturated rings. The van der Waals surface area contributed by atoms with E-state index in [1.165, 1.54) is 11.1 Å².